The van der Waals surface area contributed by atoms with E-state index in [1.165, 1.54) is 18.0 Å². The van der Waals surface area contributed by atoms with Crippen molar-refractivity contribution in [3.63, 3.8) is 0 Å². The van der Waals surface area contributed by atoms with E-state index >= 15 is 0 Å². The predicted molar refractivity (Wildman–Crippen MR) is 126 cm³/mol. The Balaban J connectivity index is 1.49. The van der Waals surface area contributed by atoms with Crippen molar-refractivity contribution in [1.29, 1.82) is 0 Å². The van der Waals surface area contributed by atoms with Gasteiger partial charge >= 0.3 is 0 Å². The van der Waals surface area contributed by atoms with E-state index in [0.717, 1.165) is 11.3 Å². The van der Waals surface area contributed by atoms with Crippen LogP contribution in [0.5, 0.6) is 5.75 Å². The maximum atomic E-state index is 12.3. The molecule has 0 atom stereocenters. The van der Waals surface area contributed by atoms with Gasteiger partial charge in [0.05, 0.1) is 12.0 Å². The van der Waals surface area contributed by atoms with Gasteiger partial charge in [-0.1, -0.05) is 53.7 Å². The van der Waals surface area contributed by atoms with Crippen molar-refractivity contribution in [2.45, 2.75) is 5.16 Å². The standard InChI is InChI=1S/C23H18ClN5O2S/c24-18-11-9-17(10-12-18)22-27-28-23(29(22)19-6-2-1-3-7-19)32-15-21(31)26-25-14-16-5-4-8-20(30)13-16/h1-14,30H,15H2,(H,26,31)/b25-14-. The van der Waals surface area contributed by atoms with Crippen LogP contribution in [0.25, 0.3) is 17.1 Å². The smallest absolute Gasteiger partial charge is 0.250 e. The maximum Gasteiger partial charge on any atom is 0.250 e. The van der Waals surface area contributed by atoms with Crippen molar-refractivity contribution in [3.05, 3.63) is 89.4 Å². The summed E-state index contributed by atoms with van der Waals surface area (Å²) in [6.45, 7) is 0. The van der Waals surface area contributed by atoms with Crippen molar-refractivity contribution in [1.82, 2.24) is 20.2 Å². The van der Waals surface area contributed by atoms with Crippen LogP contribution in [-0.4, -0.2) is 37.7 Å². The Morgan fingerprint density at radius 2 is 1.84 bits per heavy atom. The molecule has 2 N–H and O–H groups in total. The number of nitrogens with zero attached hydrogens (tertiary/aromatic N) is 4. The molecule has 0 saturated carbocycles. The van der Waals surface area contributed by atoms with Gasteiger partial charge < -0.3 is 5.11 Å². The maximum absolute atomic E-state index is 12.3. The molecule has 0 bridgehead atoms. The number of amides is 1. The molecular weight excluding hydrogens is 446 g/mol. The lowest BCUT2D eigenvalue weighted by molar-refractivity contribution is -0.118. The Kier molecular flexibility index (Phi) is 6.84. The van der Waals surface area contributed by atoms with Gasteiger partial charge in [-0.3, -0.25) is 9.36 Å². The minimum atomic E-state index is -0.290. The molecule has 1 heterocycles. The summed E-state index contributed by atoms with van der Waals surface area (Å²) in [6, 6.07) is 23.6. The van der Waals surface area contributed by atoms with Gasteiger partial charge in [0.15, 0.2) is 11.0 Å². The average molecular weight is 464 g/mol. The van der Waals surface area contributed by atoms with Gasteiger partial charge in [0.1, 0.15) is 5.75 Å². The molecule has 0 radical (unpaired) electrons. The van der Waals surface area contributed by atoms with E-state index in [-0.39, 0.29) is 17.4 Å². The number of aromatic hydroxyl groups is 1. The summed E-state index contributed by atoms with van der Waals surface area (Å²) in [5.74, 6) is 0.593. The molecule has 0 saturated heterocycles. The zero-order valence-electron chi connectivity index (χ0n) is 16.7. The number of hydrogen-bond acceptors (Lipinski definition) is 6. The first-order valence-electron chi connectivity index (χ1n) is 9.60. The Labute approximate surface area is 193 Å². The SMILES string of the molecule is O=C(CSc1nnc(-c2ccc(Cl)cc2)n1-c1ccccc1)N/N=C\c1cccc(O)c1. The predicted octanol–water partition coefficient (Wildman–Crippen LogP) is 4.54. The van der Waals surface area contributed by atoms with Gasteiger partial charge in [-0.05, 0) is 54.1 Å². The third-order valence-electron chi connectivity index (χ3n) is 4.36. The molecule has 0 fully saturated rings. The van der Waals surface area contributed by atoms with E-state index in [4.69, 9.17) is 11.6 Å². The van der Waals surface area contributed by atoms with E-state index in [1.807, 2.05) is 47.0 Å². The van der Waals surface area contributed by atoms with Crippen molar-refractivity contribution in [2.24, 2.45) is 5.10 Å². The van der Waals surface area contributed by atoms with Crippen LogP contribution >= 0.6 is 23.4 Å². The highest BCUT2D eigenvalue weighted by molar-refractivity contribution is 7.99. The molecule has 1 amide bonds. The van der Waals surface area contributed by atoms with Crippen molar-refractivity contribution < 1.29 is 9.90 Å². The minimum Gasteiger partial charge on any atom is -0.508 e. The number of para-hydroxylation sites is 1. The number of aromatic nitrogens is 3. The molecule has 0 aliphatic heterocycles. The molecule has 4 aromatic rings. The molecule has 1 aromatic heterocycles. The fourth-order valence-electron chi connectivity index (χ4n) is 2.91. The molecule has 4 rings (SSSR count). The molecule has 0 aliphatic carbocycles. The number of phenols is 1. The van der Waals surface area contributed by atoms with E-state index < -0.39 is 0 Å². The molecular formula is C23H18ClN5O2S. The number of hydrazone groups is 1. The monoisotopic (exact) mass is 463 g/mol. The van der Waals surface area contributed by atoms with Gasteiger partial charge in [0.25, 0.3) is 5.91 Å². The summed E-state index contributed by atoms with van der Waals surface area (Å²) in [5.41, 5.74) is 4.90. The van der Waals surface area contributed by atoms with Gasteiger partial charge in [0, 0.05) is 16.3 Å². The van der Waals surface area contributed by atoms with Crippen LogP contribution in [0.4, 0.5) is 0 Å². The van der Waals surface area contributed by atoms with Crippen LogP contribution < -0.4 is 5.43 Å². The Bertz CT molecular complexity index is 1240. The van der Waals surface area contributed by atoms with Crippen molar-refractivity contribution in [3.8, 4) is 22.8 Å². The van der Waals surface area contributed by atoms with Crippen molar-refractivity contribution >= 4 is 35.5 Å². The Morgan fingerprint density at radius 3 is 2.59 bits per heavy atom. The van der Waals surface area contributed by atoms with Crippen LogP contribution in [0, 0.1) is 0 Å². The number of rotatable bonds is 7. The van der Waals surface area contributed by atoms with Gasteiger partial charge in [-0.15, -0.1) is 10.2 Å². The molecule has 160 valence electrons. The number of nitrogens with one attached hydrogen (secondary N) is 1. The Morgan fingerprint density at radius 1 is 1.06 bits per heavy atom. The first-order chi connectivity index (χ1) is 15.6. The summed E-state index contributed by atoms with van der Waals surface area (Å²) in [6.07, 6.45) is 1.47. The number of hydrogen-bond donors (Lipinski definition) is 2. The van der Waals surface area contributed by atoms with Gasteiger partial charge in [-0.2, -0.15) is 5.10 Å². The fourth-order valence-corrected chi connectivity index (χ4v) is 3.78. The van der Waals surface area contributed by atoms with Crippen molar-refractivity contribution in [2.75, 3.05) is 5.75 Å². The number of thioether (sulfide) groups is 1. The number of phenolic OH excluding ortho intramolecular Hbond substituents is 1. The lowest BCUT2D eigenvalue weighted by Gasteiger charge is -2.10. The second kappa shape index (κ2) is 10.1. The normalized spacial score (nSPS) is 11.0. The minimum absolute atomic E-state index is 0.100. The van der Waals surface area contributed by atoms with Crippen LogP contribution in [0.15, 0.2) is 89.1 Å². The third-order valence-corrected chi connectivity index (χ3v) is 5.54. The highest BCUT2D eigenvalue weighted by Gasteiger charge is 2.17. The van der Waals surface area contributed by atoms with E-state index in [9.17, 15) is 9.90 Å². The summed E-state index contributed by atoms with van der Waals surface area (Å²) in [4.78, 5) is 12.3. The zero-order chi connectivity index (χ0) is 22.3. The lowest BCUT2D eigenvalue weighted by atomic mass is 10.2. The van der Waals surface area contributed by atoms with E-state index in [0.29, 0.717) is 21.6 Å². The topological polar surface area (TPSA) is 92.4 Å². The Hall–Kier alpha value is -3.62. The summed E-state index contributed by atoms with van der Waals surface area (Å²) < 4.78 is 1.90. The van der Waals surface area contributed by atoms with Gasteiger partial charge in [0.2, 0.25) is 0 Å². The summed E-state index contributed by atoms with van der Waals surface area (Å²) in [7, 11) is 0. The fraction of sp³-hybridized carbons (Fsp3) is 0.0435. The van der Waals surface area contributed by atoms with Crippen LogP contribution in [0.2, 0.25) is 5.02 Å². The molecule has 0 aliphatic rings. The summed E-state index contributed by atoms with van der Waals surface area (Å²) in [5, 5.41) is 23.3. The third kappa shape index (κ3) is 5.35. The zero-order valence-corrected chi connectivity index (χ0v) is 18.3. The first-order valence-corrected chi connectivity index (χ1v) is 11.0. The largest absolute Gasteiger partial charge is 0.508 e. The summed E-state index contributed by atoms with van der Waals surface area (Å²) >= 11 is 7.27. The average Bonchev–Trinajstić information content (AvgIpc) is 3.23. The number of carbonyl (C=O) groups is 1. The van der Waals surface area contributed by atoms with E-state index in [2.05, 4.69) is 20.7 Å². The molecule has 32 heavy (non-hydrogen) atoms. The van der Waals surface area contributed by atoms with Crippen LogP contribution in [0.1, 0.15) is 5.56 Å². The van der Waals surface area contributed by atoms with E-state index in [1.54, 1.807) is 36.4 Å². The molecule has 0 unspecified atom stereocenters. The second-order valence-electron chi connectivity index (χ2n) is 6.66. The lowest BCUT2D eigenvalue weighted by Crippen LogP contribution is -2.20. The number of benzene rings is 3. The van der Waals surface area contributed by atoms with Crippen LogP contribution in [-0.2, 0) is 4.79 Å². The highest BCUT2D eigenvalue weighted by Crippen LogP contribution is 2.28. The molecule has 0 spiro atoms. The molecule has 7 nitrogen and oxygen atoms in total. The number of halogens is 1. The van der Waals surface area contributed by atoms with Crippen LogP contribution in [0.3, 0.4) is 0 Å². The molecule has 3 aromatic carbocycles. The quantitative estimate of drug-likeness (QED) is 0.238. The number of carbonyl (C=O) groups excluding carboxylic acids is 1. The highest BCUT2D eigenvalue weighted by atomic mass is 35.5. The van der Waals surface area contributed by atoms with Gasteiger partial charge in [-0.25, -0.2) is 5.43 Å². The second-order valence-corrected chi connectivity index (χ2v) is 8.04. The molecule has 9 heteroatoms. The first kappa shape index (κ1) is 21.6.